The SMILES string of the molecule is CN=c1occcc1O. The van der Waals surface area contributed by atoms with Crippen molar-refractivity contribution < 1.29 is 9.52 Å². The summed E-state index contributed by atoms with van der Waals surface area (Å²) in [6, 6.07) is 3.12. The molecular weight excluding hydrogens is 118 g/mol. The van der Waals surface area contributed by atoms with Crippen LogP contribution in [0.2, 0.25) is 0 Å². The zero-order valence-corrected chi connectivity index (χ0v) is 5.03. The van der Waals surface area contributed by atoms with Gasteiger partial charge in [0, 0.05) is 7.05 Å². The van der Waals surface area contributed by atoms with Crippen LogP contribution in [0.4, 0.5) is 0 Å². The maximum atomic E-state index is 8.92. The maximum Gasteiger partial charge on any atom is 0.256 e. The Labute approximate surface area is 52.3 Å². The van der Waals surface area contributed by atoms with Crippen molar-refractivity contribution in [3.8, 4) is 5.75 Å². The van der Waals surface area contributed by atoms with Crippen molar-refractivity contribution in [2.24, 2.45) is 4.99 Å². The summed E-state index contributed by atoms with van der Waals surface area (Å²) in [6.45, 7) is 0. The van der Waals surface area contributed by atoms with E-state index >= 15 is 0 Å². The minimum atomic E-state index is 0.0694. The van der Waals surface area contributed by atoms with Crippen molar-refractivity contribution in [2.75, 3.05) is 7.05 Å². The van der Waals surface area contributed by atoms with Gasteiger partial charge in [0.2, 0.25) is 0 Å². The zero-order valence-electron chi connectivity index (χ0n) is 5.03. The first-order chi connectivity index (χ1) is 4.34. The first-order valence-electron chi connectivity index (χ1n) is 2.54. The van der Waals surface area contributed by atoms with Crippen LogP contribution in [0.25, 0.3) is 0 Å². The van der Waals surface area contributed by atoms with Crippen molar-refractivity contribution in [3.05, 3.63) is 23.9 Å². The summed E-state index contributed by atoms with van der Waals surface area (Å²) >= 11 is 0. The quantitative estimate of drug-likeness (QED) is 0.549. The first kappa shape index (κ1) is 5.88. The highest BCUT2D eigenvalue weighted by molar-refractivity contribution is 5.10. The predicted molar refractivity (Wildman–Crippen MR) is 31.9 cm³/mol. The Hall–Kier alpha value is -1.25. The van der Waals surface area contributed by atoms with Gasteiger partial charge >= 0.3 is 0 Å². The molecule has 48 valence electrons. The second kappa shape index (κ2) is 2.35. The molecule has 0 unspecified atom stereocenters. The number of hydrogen-bond donors (Lipinski definition) is 1. The van der Waals surface area contributed by atoms with E-state index in [9.17, 15) is 0 Å². The standard InChI is InChI=1S/C6H7NO2/c1-7-6-5(8)3-2-4-9-6/h2-4,8H,1H3. The van der Waals surface area contributed by atoms with E-state index in [4.69, 9.17) is 9.52 Å². The molecule has 0 spiro atoms. The van der Waals surface area contributed by atoms with Crippen LogP contribution in [-0.4, -0.2) is 12.2 Å². The largest absolute Gasteiger partial charge is 0.503 e. The summed E-state index contributed by atoms with van der Waals surface area (Å²) in [6.07, 6.45) is 1.46. The number of aromatic hydroxyl groups is 1. The molecule has 1 heterocycles. The van der Waals surface area contributed by atoms with Gasteiger partial charge in [0.1, 0.15) is 0 Å². The highest BCUT2D eigenvalue weighted by atomic mass is 16.3. The lowest BCUT2D eigenvalue weighted by atomic mass is 10.5. The Morgan fingerprint density at radius 3 is 2.89 bits per heavy atom. The molecule has 0 bridgehead atoms. The van der Waals surface area contributed by atoms with Gasteiger partial charge in [0.05, 0.1) is 6.26 Å². The monoisotopic (exact) mass is 125 g/mol. The van der Waals surface area contributed by atoms with E-state index in [0.29, 0.717) is 0 Å². The molecule has 0 aliphatic carbocycles. The van der Waals surface area contributed by atoms with Crippen molar-refractivity contribution in [1.82, 2.24) is 0 Å². The van der Waals surface area contributed by atoms with Crippen molar-refractivity contribution in [1.29, 1.82) is 0 Å². The molecule has 3 heteroatoms. The fourth-order valence-electron chi connectivity index (χ4n) is 0.533. The molecule has 1 N–H and O–H groups in total. The number of hydrogen-bond acceptors (Lipinski definition) is 3. The zero-order chi connectivity index (χ0) is 6.69. The normalized spacial score (nSPS) is 11.9. The molecule has 1 rings (SSSR count). The van der Waals surface area contributed by atoms with Gasteiger partial charge in [-0.05, 0) is 12.1 Å². The van der Waals surface area contributed by atoms with Crippen LogP contribution in [0.3, 0.4) is 0 Å². The Morgan fingerprint density at radius 1 is 1.67 bits per heavy atom. The Morgan fingerprint density at radius 2 is 2.44 bits per heavy atom. The highest BCUT2D eigenvalue weighted by Crippen LogP contribution is 1.95. The fourth-order valence-corrected chi connectivity index (χ4v) is 0.533. The summed E-state index contributed by atoms with van der Waals surface area (Å²) < 4.78 is 4.79. The maximum absolute atomic E-state index is 8.92. The Kier molecular flexibility index (Phi) is 1.53. The summed E-state index contributed by atoms with van der Waals surface area (Å²) in [5.74, 6) is 0.0694. The van der Waals surface area contributed by atoms with Crippen LogP contribution in [0.1, 0.15) is 0 Å². The van der Waals surface area contributed by atoms with Gasteiger partial charge in [-0.15, -0.1) is 0 Å². The molecule has 0 saturated heterocycles. The molecule has 1 aromatic rings. The van der Waals surface area contributed by atoms with Crippen LogP contribution in [0.5, 0.6) is 5.75 Å². The van der Waals surface area contributed by atoms with Crippen LogP contribution < -0.4 is 5.55 Å². The van der Waals surface area contributed by atoms with Crippen molar-refractivity contribution >= 4 is 0 Å². The molecule has 0 aliphatic rings. The minimum absolute atomic E-state index is 0.0694. The molecule has 0 aromatic carbocycles. The average Bonchev–Trinajstić information content (AvgIpc) is 1.89. The van der Waals surface area contributed by atoms with Crippen LogP contribution in [-0.2, 0) is 0 Å². The molecule has 9 heavy (non-hydrogen) atoms. The first-order valence-corrected chi connectivity index (χ1v) is 2.54. The average molecular weight is 125 g/mol. The van der Waals surface area contributed by atoms with Crippen molar-refractivity contribution in [2.45, 2.75) is 0 Å². The third kappa shape index (κ3) is 1.10. The summed E-state index contributed by atoms with van der Waals surface area (Å²) in [7, 11) is 1.55. The van der Waals surface area contributed by atoms with Gasteiger partial charge in [-0.25, -0.2) is 0 Å². The van der Waals surface area contributed by atoms with Crippen LogP contribution in [0.15, 0.2) is 27.8 Å². The lowest BCUT2D eigenvalue weighted by Gasteiger charge is -1.87. The smallest absolute Gasteiger partial charge is 0.256 e. The van der Waals surface area contributed by atoms with E-state index in [1.54, 1.807) is 13.1 Å². The minimum Gasteiger partial charge on any atom is -0.503 e. The van der Waals surface area contributed by atoms with E-state index in [1.807, 2.05) is 0 Å². The summed E-state index contributed by atoms with van der Waals surface area (Å²) in [5, 5.41) is 8.92. The highest BCUT2D eigenvalue weighted by Gasteiger charge is 1.88. The van der Waals surface area contributed by atoms with Gasteiger partial charge in [-0.2, -0.15) is 0 Å². The molecule has 0 fully saturated rings. The molecule has 1 aromatic heterocycles. The molecule has 0 amide bonds. The molecule has 0 atom stereocenters. The van der Waals surface area contributed by atoms with E-state index in [-0.39, 0.29) is 11.3 Å². The molecule has 0 radical (unpaired) electrons. The Bertz CT molecular complexity index is 251. The van der Waals surface area contributed by atoms with E-state index in [2.05, 4.69) is 4.99 Å². The summed E-state index contributed by atoms with van der Waals surface area (Å²) in [4.78, 5) is 3.65. The van der Waals surface area contributed by atoms with Crippen LogP contribution in [0, 0.1) is 0 Å². The number of rotatable bonds is 0. The Balaban J connectivity index is 3.33. The van der Waals surface area contributed by atoms with E-state index in [1.165, 1.54) is 12.3 Å². The second-order valence-electron chi connectivity index (χ2n) is 1.53. The van der Waals surface area contributed by atoms with E-state index < -0.39 is 0 Å². The van der Waals surface area contributed by atoms with Gasteiger partial charge < -0.3 is 9.52 Å². The molecular formula is C6H7NO2. The fraction of sp³-hybridized carbons (Fsp3) is 0.167. The number of nitrogens with zero attached hydrogens (tertiary/aromatic N) is 1. The molecule has 0 aliphatic heterocycles. The predicted octanol–water partition coefficient (Wildman–Crippen LogP) is 0.516. The van der Waals surface area contributed by atoms with Crippen LogP contribution >= 0.6 is 0 Å². The lowest BCUT2D eigenvalue weighted by molar-refractivity contribution is 0.402. The molecule has 3 nitrogen and oxygen atoms in total. The van der Waals surface area contributed by atoms with Gasteiger partial charge in [-0.3, -0.25) is 4.99 Å². The van der Waals surface area contributed by atoms with E-state index in [0.717, 1.165) is 0 Å². The third-order valence-electron chi connectivity index (χ3n) is 0.935. The van der Waals surface area contributed by atoms with Gasteiger partial charge in [-0.1, -0.05) is 0 Å². The van der Waals surface area contributed by atoms with Gasteiger partial charge in [0.15, 0.2) is 5.75 Å². The lowest BCUT2D eigenvalue weighted by Crippen LogP contribution is -1.97. The van der Waals surface area contributed by atoms with Gasteiger partial charge in [0.25, 0.3) is 5.55 Å². The third-order valence-corrected chi connectivity index (χ3v) is 0.935. The molecule has 0 saturated carbocycles. The van der Waals surface area contributed by atoms with Crippen molar-refractivity contribution in [3.63, 3.8) is 0 Å². The topological polar surface area (TPSA) is 45.7 Å². The summed E-state index contributed by atoms with van der Waals surface area (Å²) in [5.41, 5.74) is 0.262. The second-order valence-corrected chi connectivity index (χ2v) is 1.53.